The van der Waals surface area contributed by atoms with Crippen LogP contribution < -0.4 is 5.32 Å². The Kier molecular flexibility index (Phi) is 6.68. The Morgan fingerprint density at radius 1 is 1.12 bits per heavy atom. The fourth-order valence-corrected chi connectivity index (χ4v) is 3.12. The molecule has 0 aliphatic carbocycles. The summed E-state index contributed by atoms with van der Waals surface area (Å²) in [5.74, 6) is -1.08. The number of esters is 1. The van der Waals surface area contributed by atoms with E-state index < -0.39 is 28.9 Å². The van der Waals surface area contributed by atoms with E-state index in [1.165, 1.54) is 19.2 Å². The van der Waals surface area contributed by atoms with E-state index in [2.05, 4.69) is 10.1 Å². The summed E-state index contributed by atoms with van der Waals surface area (Å²) in [6, 6.07) is 13.0. The first-order valence-corrected chi connectivity index (χ1v) is 8.57. The minimum atomic E-state index is -4.50. The molecule has 138 valence electrons. The first kappa shape index (κ1) is 19.8. The highest BCUT2D eigenvalue weighted by Gasteiger charge is 2.31. The number of benzene rings is 2. The Labute approximate surface area is 152 Å². The zero-order chi connectivity index (χ0) is 19.2. The number of carbonyl (C=O) groups excluding carboxylic acids is 2. The molecule has 0 aliphatic rings. The van der Waals surface area contributed by atoms with Gasteiger partial charge in [-0.2, -0.15) is 13.2 Å². The van der Waals surface area contributed by atoms with Gasteiger partial charge in [0.2, 0.25) is 5.91 Å². The average molecular weight is 383 g/mol. The predicted octanol–water partition coefficient (Wildman–Crippen LogP) is 4.29. The molecule has 1 amide bonds. The Hall–Kier alpha value is -2.48. The zero-order valence-electron chi connectivity index (χ0n) is 13.7. The molecular formula is C18H16F3NO3S. The molecule has 0 fully saturated rings. The molecule has 0 bridgehead atoms. The van der Waals surface area contributed by atoms with Crippen LogP contribution >= 0.6 is 11.8 Å². The Balaban J connectivity index is 2.20. The van der Waals surface area contributed by atoms with Gasteiger partial charge in [-0.1, -0.05) is 36.4 Å². The highest BCUT2D eigenvalue weighted by atomic mass is 32.2. The number of hydrogen-bond donors (Lipinski definition) is 1. The number of anilines is 1. The van der Waals surface area contributed by atoms with Crippen molar-refractivity contribution in [3.8, 4) is 0 Å². The maximum absolute atomic E-state index is 12.8. The van der Waals surface area contributed by atoms with Gasteiger partial charge in [0.25, 0.3) is 0 Å². The highest BCUT2D eigenvalue weighted by Crippen LogP contribution is 2.33. The van der Waals surface area contributed by atoms with Gasteiger partial charge in [0, 0.05) is 5.69 Å². The minimum absolute atomic E-state index is 0.0319. The van der Waals surface area contributed by atoms with Crippen LogP contribution in [0.15, 0.2) is 54.6 Å². The van der Waals surface area contributed by atoms with Crippen molar-refractivity contribution in [2.75, 3.05) is 18.2 Å². The number of nitrogens with one attached hydrogen (secondary N) is 1. The molecule has 0 saturated carbocycles. The number of ether oxygens (including phenoxy) is 1. The number of methoxy groups -OCH3 is 1. The summed E-state index contributed by atoms with van der Waals surface area (Å²) in [5, 5.41) is 1.71. The van der Waals surface area contributed by atoms with Gasteiger partial charge in [0.15, 0.2) is 0 Å². The van der Waals surface area contributed by atoms with Crippen molar-refractivity contribution in [3.63, 3.8) is 0 Å². The van der Waals surface area contributed by atoms with Crippen molar-refractivity contribution in [1.82, 2.24) is 0 Å². The molecule has 1 atom stereocenters. The number of rotatable bonds is 6. The second kappa shape index (κ2) is 8.75. The van der Waals surface area contributed by atoms with E-state index in [1.807, 2.05) is 0 Å². The summed E-state index contributed by atoms with van der Waals surface area (Å²) in [6.45, 7) is 0. The Bertz CT molecular complexity index is 766. The molecule has 26 heavy (non-hydrogen) atoms. The van der Waals surface area contributed by atoms with Gasteiger partial charge in [-0.15, -0.1) is 11.8 Å². The lowest BCUT2D eigenvalue weighted by Gasteiger charge is -2.17. The van der Waals surface area contributed by atoms with E-state index in [0.29, 0.717) is 5.56 Å². The number of thioether (sulfide) groups is 1. The lowest BCUT2D eigenvalue weighted by molar-refractivity contribution is -0.138. The third-order valence-corrected chi connectivity index (χ3v) is 4.62. The topological polar surface area (TPSA) is 55.4 Å². The van der Waals surface area contributed by atoms with E-state index in [9.17, 15) is 22.8 Å². The van der Waals surface area contributed by atoms with E-state index in [4.69, 9.17) is 0 Å². The van der Waals surface area contributed by atoms with Crippen molar-refractivity contribution in [1.29, 1.82) is 0 Å². The normalized spacial score (nSPS) is 12.3. The molecule has 2 rings (SSSR count). The zero-order valence-corrected chi connectivity index (χ0v) is 14.6. The second-order valence-corrected chi connectivity index (χ2v) is 6.34. The van der Waals surface area contributed by atoms with Crippen molar-refractivity contribution in [3.05, 3.63) is 65.7 Å². The first-order valence-electron chi connectivity index (χ1n) is 7.52. The molecule has 2 aromatic carbocycles. The summed E-state index contributed by atoms with van der Waals surface area (Å²) in [7, 11) is 1.24. The van der Waals surface area contributed by atoms with Crippen LogP contribution in [0.1, 0.15) is 16.4 Å². The van der Waals surface area contributed by atoms with Crippen LogP contribution in [-0.2, 0) is 20.5 Å². The molecule has 0 spiro atoms. The van der Waals surface area contributed by atoms with E-state index in [-0.39, 0.29) is 11.4 Å². The molecule has 0 aliphatic heterocycles. The van der Waals surface area contributed by atoms with Crippen LogP contribution in [0, 0.1) is 0 Å². The molecule has 1 unspecified atom stereocenters. The summed E-state index contributed by atoms with van der Waals surface area (Å²) < 4.78 is 43.0. The minimum Gasteiger partial charge on any atom is -0.468 e. The van der Waals surface area contributed by atoms with Gasteiger partial charge in [-0.25, -0.2) is 0 Å². The molecule has 0 radical (unpaired) electrons. The van der Waals surface area contributed by atoms with E-state index >= 15 is 0 Å². The molecule has 0 heterocycles. The van der Waals surface area contributed by atoms with Crippen LogP contribution in [0.4, 0.5) is 18.9 Å². The maximum atomic E-state index is 12.8. The third-order valence-electron chi connectivity index (χ3n) is 3.39. The number of carbonyl (C=O) groups is 2. The van der Waals surface area contributed by atoms with Crippen molar-refractivity contribution in [2.45, 2.75) is 11.4 Å². The number of hydrogen-bond acceptors (Lipinski definition) is 4. The summed E-state index contributed by atoms with van der Waals surface area (Å²) in [5.41, 5.74) is -0.191. The second-order valence-electron chi connectivity index (χ2n) is 5.25. The van der Waals surface area contributed by atoms with Gasteiger partial charge in [-0.3, -0.25) is 9.59 Å². The standard InChI is InChI=1S/C18H16F3NO3S/c1-25-15(23)11-26-16(12-6-3-2-4-7-12)17(24)22-14-9-5-8-13(10-14)18(19,20)21/h2-10,16H,11H2,1H3,(H,22,24). The lowest BCUT2D eigenvalue weighted by atomic mass is 10.1. The summed E-state index contributed by atoms with van der Waals surface area (Å²) >= 11 is 1.04. The lowest BCUT2D eigenvalue weighted by Crippen LogP contribution is -2.21. The maximum Gasteiger partial charge on any atom is 0.416 e. The summed E-state index contributed by atoms with van der Waals surface area (Å²) in [6.07, 6.45) is -4.50. The molecule has 4 nitrogen and oxygen atoms in total. The fraction of sp³-hybridized carbons (Fsp3) is 0.222. The number of amides is 1. The van der Waals surface area contributed by atoms with Crippen molar-refractivity contribution < 1.29 is 27.5 Å². The van der Waals surface area contributed by atoms with Crippen LogP contribution in [-0.4, -0.2) is 24.7 Å². The van der Waals surface area contributed by atoms with Crippen LogP contribution in [0.5, 0.6) is 0 Å². The first-order chi connectivity index (χ1) is 12.3. The van der Waals surface area contributed by atoms with Gasteiger partial charge >= 0.3 is 12.1 Å². The van der Waals surface area contributed by atoms with Gasteiger partial charge in [0.05, 0.1) is 18.4 Å². The predicted molar refractivity (Wildman–Crippen MR) is 93.7 cm³/mol. The SMILES string of the molecule is COC(=O)CSC(C(=O)Nc1cccc(C(F)(F)F)c1)c1ccccc1. The number of halogens is 3. The van der Waals surface area contributed by atoms with Crippen molar-refractivity contribution in [2.24, 2.45) is 0 Å². The number of alkyl halides is 3. The smallest absolute Gasteiger partial charge is 0.416 e. The average Bonchev–Trinajstić information content (AvgIpc) is 2.62. The quantitative estimate of drug-likeness (QED) is 0.756. The third kappa shape index (κ3) is 5.52. The van der Waals surface area contributed by atoms with Crippen LogP contribution in [0.2, 0.25) is 0 Å². The van der Waals surface area contributed by atoms with E-state index in [0.717, 1.165) is 23.9 Å². The monoisotopic (exact) mass is 383 g/mol. The van der Waals surface area contributed by atoms with Gasteiger partial charge in [-0.05, 0) is 23.8 Å². The van der Waals surface area contributed by atoms with E-state index in [1.54, 1.807) is 30.3 Å². The molecule has 2 aromatic rings. The molecule has 8 heteroatoms. The molecule has 0 saturated heterocycles. The molecular weight excluding hydrogens is 367 g/mol. The fourth-order valence-electron chi connectivity index (χ4n) is 2.14. The Morgan fingerprint density at radius 3 is 2.42 bits per heavy atom. The molecule has 0 aromatic heterocycles. The largest absolute Gasteiger partial charge is 0.468 e. The van der Waals surface area contributed by atoms with Crippen molar-refractivity contribution >= 4 is 29.3 Å². The van der Waals surface area contributed by atoms with Crippen LogP contribution in [0.3, 0.4) is 0 Å². The summed E-state index contributed by atoms with van der Waals surface area (Å²) in [4.78, 5) is 24.0. The van der Waals surface area contributed by atoms with Gasteiger partial charge in [0.1, 0.15) is 5.25 Å². The highest BCUT2D eigenvalue weighted by molar-refractivity contribution is 8.00. The molecule has 1 N–H and O–H groups in total. The van der Waals surface area contributed by atoms with Crippen LogP contribution in [0.25, 0.3) is 0 Å². The Morgan fingerprint density at radius 2 is 1.81 bits per heavy atom. The van der Waals surface area contributed by atoms with Gasteiger partial charge < -0.3 is 10.1 Å².